The van der Waals surface area contributed by atoms with Crippen LogP contribution in [0.5, 0.6) is 0 Å². The van der Waals surface area contributed by atoms with E-state index in [4.69, 9.17) is 4.52 Å². The molecule has 1 aliphatic heterocycles. The van der Waals surface area contributed by atoms with E-state index in [-0.39, 0.29) is 11.8 Å². The van der Waals surface area contributed by atoms with E-state index >= 15 is 0 Å². The number of hydrogen-bond donors (Lipinski definition) is 1. The van der Waals surface area contributed by atoms with Gasteiger partial charge >= 0.3 is 0 Å². The molecule has 2 aromatic carbocycles. The van der Waals surface area contributed by atoms with Gasteiger partial charge in [0.05, 0.1) is 6.54 Å². The fraction of sp³-hybridized carbons (Fsp3) is 0.348. The highest BCUT2D eigenvalue weighted by molar-refractivity contribution is 5.78. The normalized spacial score (nSPS) is 15.3. The summed E-state index contributed by atoms with van der Waals surface area (Å²) in [7, 11) is 0. The number of amides is 1. The molecule has 0 saturated carbocycles. The molecular formula is C23H26N4O2. The topological polar surface area (TPSA) is 71.3 Å². The maximum Gasteiger partial charge on any atom is 0.241 e. The van der Waals surface area contributed by atoms with Gasteiger partial charge in [-0.1, -0.05) is 59.8 Å². The Bertz CT molecular complexity index is 946. The SMILES string of the molecule is Cc1ccccc1-c1noc(CN2CCC(C(=O)NCc3ccccc3)CC2)n1. The summed E-state index contributed by atoms with van der Waals surface area (Å²) in [5.41, 5.74) is 3.25. The monoisotopic (exact) mass is 390 g/mol. The molecule has 2 heterocycles. The predicted molar refractivity (Wildman–Crippen MR) is 111 cm³/mol. The number of nitrogens with zero attached hydrogens (tertiary/aromatic N) is 3. The minimum absolute atomic E-state index is 0.0696. The number of carbonyl (C=O) groups is 1. The Morgan fingerprint density at radius 2 is 1.83 bits per heavy atom. The molecule has 29 heavy (non-hydrogen) atoms. The summed E-state index contributed by atoms with van der Waals surface area (Å²) >= 11 is 0. The second-order valence-corrected chi connectivity index (χ2v) is 7.58. The van der Waals surface area contributed by atoms with Crippen LogP contribution in [0.25, 0.3) is 11.4 Å². The zero-order valence-corrected chi connectivity index (χ0v) is 16.7. The number of likely N-dealkylation sites (tertiary alicyclic amines) is 1. The number of nitrogens with one attached hydrogen (secondary N) is 1. The van der Waals surface area contributed by atoms with Gasteiger partial charge in [-0.25, -0.2) is 0 Å². The molecule has 0 bridgehead atoms. The molecule has 1 aliphatic rings. The van der Waals surface area contributed by atoms with Crippen LogP contribution in [-0.2, 0) is 17.9 Å². The number of rotatable bonds is 6. The van der Waals surface area contributed by atoms with Gasteiger partial charge in [0.1, 0.15) is 0 Å². The van der Waals surface area contributed by atoms with Crippen molar-refractivity contribution in [2.75, 3.05) is 13.1 Å². The third-order valence-corrected chi connectivity index (χ3v) is 5.48. The summed E-state index contributed by atoms with van der Waals surface area (Å²) in [5, 5.41) is 7.19. The zero-order chi connectivity index (χ0) is 20.1. The summed E-state index contributed by atoms with van der Waals surface area (Å²) in [6.07, 6.45) is 1.69. The Morgan fingerprint density at radius 3 is 2.59 bits per heavy atom. The van der Waals surface area contributed by atoms with Crippen molar-refractivity contribution in [3.05, 3.63) is 71.6 Å². The van der Waals surface area contributed by atoms with Gasteiger partial charge in [-0.05, 0) is 44.0 Å². The summed E-state index contributed by atoms with van der Waals surface area (Å²) < 4.78 is 5.46. The van der Waals surface area contributed by atoms with Crippen LogP contribution in [0.1, 0.15) is 29.9 Å². The molecule has 0 atom stereocenters. The van der Waals surface area contributed by atoms with E-state index in [2.05, 4.69) is 20.4 Å². The van der Waals surface area contributed by atoms with Crippen LogP contribution in [0, 0.1) is 12.8 Å². The van der Waals surface area contributed by atoms with Gasteiger partial charge in [-0.3, -0.25) is 9.69 Å². The molecular weight excluding hydrogens is 364 g/mol. The lowest BCUT2D eigenvalue weighted by Gasteiger charge is -2.30. The molecule has 1 saturated heterocycles. The highest BCUT2D eigenvalue weighted by atomic mass is 16.5. The lowest BCUT2D eigenvalue weighted by molar-refractivity contribution is -0.126. The van der Waals surface area contributed by atoms with Gasteiger partial charge in [0.15, 0.2) is 0 Å². The lowest BCUT2D eigenvalue weighted by atomic mass is 9.96. The maximum atomic E-state index is 12.5. The summed E-state index contributed by atoms with van der Waals surface area (Å²) in [4.78, 5) is 19.3. The molecule has 150 valence electrons. The predicted octanol–water partition coefficient (Wildman–Crippen LogP) is 3.57. The first-order chi connectivity index (χ1) is 14.2. The number of carbonyl (C=O) groups excluding carboxylic acids is 1. The Balaban J connectivity index is 1.26. The van der Waals surface area contributed by atoms with Crippen molar-refractivity contribution in [2.24, 2.45) is 5.92 Å². The Hall–Kier alpha value is -2.99. The Labute approximate surface area is 170 Å². The number of piperidine rings is 1. The number of hydrogen-bond acceptors (Lipinski definition) is 5. The Morgan fingerprint density at radius 1 is 1.10 bits per heavy atom. The van der Waals surface area contributed by atoms with E-state index in [0.717, 1.165) is 42.6 Å². The highest BCUT2D eigenvalue weighted by Crippen LogP contribution is 2.22. The van der Waals surface area contributed by atoms with Crippen LogP contribution in [-0.4, -0.2) is 34.0 Å². The second-order valence-electron chi connectivity index (χ2n) is 7.58. The number of benzene rings is 2. The van der Waals surface area contributed by atoms with Crippen LogP contribution >= 0.6 is 0 Å². The first-order valence-corrected chi connectivity index (χ1v) is 10.1. The van der Waals surface area contributed by atoms with Gasteiger partial charge in [-0.2, -0.15) is 4.98 Å². The molecule has 0 spiro atoms. The van der Waals surface area contributed by atoms with E-state index in [1.54, 1.807) is 0 Å². The average Bonchev–Trinajstić information content (AvgIpc) is 3.22. The van der Waals surface area contributed by atoms with E-state index in [1.807, 2.05) is 61.5 Å². The molecule has 0 radical (unpaired) electrons. The van der Waals surface area contributed by atoms with E-state index in [9.17, 15) is 4.79 Å². The Kier molecular flexibility index (Phi) is 6.00. The molecule has 6 nitrogen and oxygen atoms in total. The van der Waals surface area contributed by atoms with Gasteiger partial charge < -0.3 is 9.84 Å². The first kappa shape index (κ1) is 19.3. The first-order valence-electron chi connectivity index (χ1n) is 10.1. The maximum absolute atomic E-state index is 12.5. The molecule has 1 fully saturated rings. The molecule has 1 amide bonds. The van der Waals surface area contributed by atoms with Crippen LogP contribution in [0.4, 0.5) is 0 Å². The average molecular weight is 390 g/mol. The van der Waals surface area contributed by atoms with Crippen molar-refractivity contribution < 1.29 is 9.32 Å². The summed E-state index contributed by atoms with van der Waals surface area (Å²) in [6, 6.07) is 18.0. The highest BCUT2D eigenvalue weighted by Gasteiger charge is 2.26. The smallest absolute Gasteiger partial charge is 0.241 e. The lowest BCUT2D eigenvalue weighted by Crippen LogP contribution is -2.40. The fourth-order valence-corrected chi connectivity index (χ4v) is 3.73. The number of aromatic nitrogens is 2. The van der Waals surface area contributed by atoms with Crippen molar-refractivity contribution in [3.63, 3.8) is 0 Å². The molecule has 0 aliphatic carbocycles. The molecule has 1 aromatic heterocycles. The summed E-state index contributed by atoms with van der Waals surface area (Å²) in [5.74, 6) is 1.47. The molecule has 4 rings (SSSR count). The second kappa shape index (κ2) is 9.01. The third kappa shape index (κ3) is 4.90. The standard InChI is InChI=1S/C23H26N4O2/c1-17-7-5-6-10-20(17)22-25-21(29-26-22)16-27-13-11-19(12-14-27)23(28)24-15-18-8-3-2-4-9-18/h2-10,19H,11-16H2,1H3,(H,24,28). The van der Waals surface area contributed by atoms with E-state index in [1.165, 1.54) is 0 Å². The quantitative estimate of drug-likeness (QED) is 0.697. The van der Waals surface area contributed by atoms with Crippen molar-refractivity contribution in [2.45, 2.75) is 32.9 Å². The van der Waals surface area contributed by atoms with Gasteiger partial charge in [0.25, 0.3) is 0 Å². The van der Waals surface area contributed by atoms with Crippen molar-refractivity contribution in [1.29, 1.82) is 0 Å². The minimum atomic E-state index is 0.0696. The summed E-state index contributed by atoms with van der Waals surface area (Å²) in [6.45, 7) is 4.96. The van der Waals surface area contributed by atoms with Crippen LogP contribution in [0.15, 0.2) is 59.1 Å². The van der Waals surface area contributed by atoms with E-state index < -0.39 is 0 Å². The fourth-order valence-electron chi connectivity index (χ4n) is 3.73. The molecule has 1 N–H and O–H groups in total. The van der Waals surface area contributed by atoms with Crippen LogP contribution in [0.2, 0.25) is 0 Å². The van der Waals surface area contributed by atoms with Crippen LogP contribution in [0.3, 0.4) is 0 Å². The van der Waals surface area contributed by atoms with E-state index in [0.29, 0.717) is 24.8 Å². The minimum Gasteiger partial charge on any atom is -0.352 e. The van der Waals surface area contributed by atoms with Crippen molar-refractivity contribution in [1.82, 2.24) is 20.4 Å². The zero-order valence-electron chi connectivity index (χ0n) is 16.7. The number of aryl methyl sites for hydroxylation is 1. The van der Waals surface area contributed by atoms with Crippen molar-refractivity contribution >= 4 is 5.91 Å². The van der Waals surface area contributed by atoms with Gasteiger partial charge in [0.2, 0.25) is 17.6 Å². The van der Waals surface area contributed by atoms with Crippen LogP contribution < -0.4 is 5.32 Å². The van der Waals surface area contributed by atoms with Gasteiger partial charge in [-0.15, -0.1) is 0 Å². The third-order valence-electron chi connectivity index (χ3n) is 5.48. The molecule has 6 heteroatoms. The van der Waals surface area contributed by atoms with Crippen molar-refractivity contribution in [3.8, 4) is 11.4 Å². The molecule has 3 aromatic rings. The largest absolute Gasteiger partial charge is 0.352 e. The molecule has 0 unspecified atom stereocenters. The van der Waals surface area contributed by atoms with Gasteiger partial charge in [0, 0.05) is 18.0 Å².